The molecule has 19 heavy (non-hydrogen) atoms. The zero-order valence-electron chi connectivity index (χ0n) is 10.9. The van der Waals surface area contributed by atoms with Gasteiger partial charge in [-0.15, -0.1) is 0 Å². The predicted molar refractivity (Wildman–Crippen MR) is 72.8 cm³/mol. The number of hydrogen-bond acceptors (Lipinski definition) is 3. The molecule has 2 aromatic rings. The summed E-state index contributed by atoms with van der Waals surface area (Å²) in [6, 6.07) is 10.0. The summed E-state index contributed by atoms with van der Waals surface area (Å²) in [5.74, 6) is 0.870. The summed E-state index contributed by atoms with van der Waals surface area (Å²) in [4.78, 5) is 0. The van der Waals surface area contributed by atoms with E-state index < -0.39 is 0 Å². The molecule has 2 aromatic carbocycles. The van der Waals surface area contributed by atoms with Crippen LogP contribution in [0.15, 0.2) is 36.4 Å². The third-order valence-electron chi connectivity index (χ3n) is 2.98. The van der Waals surface area contributed by atoms with Gasteiger partial charge in [-0.2, -0.15) is 0 Å². The second-order valence-corrected chi connectivity index (χ2v) is 4.05. The lowest BCUT2D eigenvalue weighted by molar-refractivity contribution is 0.356. The second-order valence-electron chi connectivity index (χ2n) is 4.05. The topological polar surface area (TPSA) is 44.5 Å². The Kier molecular flexibility index (Phi) is 4.02. The van der Waals surface area contributed by atoms with E-state index in [1.165, 1.54) is 12.1 Å². The van der Waals surface area contributed by atoms with E-state index in [0.717, 1.165) is 16.7 Å². The molecule has 2 N–H and O–H groups in total. The first kappa shape index (κ1) is 13.4. The molecule has 0 amide bonds. The van der Waals surface area contributed by atoms with Crippen LogP contribution in [0.1, 0.15) is 5.56 Å². The van der Waals surface area contributed by atoms with Gasteiger partial charge in [-0.1, -0.05) is 18.2 Å². The van der Waals surface area contributed by atoms with Crippen LogP contribution in [0.2, 0.25) is 0 Å². The Morgan fingerprint density at radius 2 is 1.84 bits per heavy atom. The maximum Gasteiger partial charge on any atom is 0.168 e. The highest BCUT2D eigenvalue weighted by molar-refractivity contribution is 5.76. The molecule has 0 atom stereocenters. The van der Waals surface area contributed by atoms with Gasteiger partial charge in [0.2, 0.25) is 0 Å². The molecule has 0 aromatic heterocycles. The first-order valence-corrected chi connectivity index (χ1v) is 5.91. The monoisotopic (exact) mass is 261 g/mol. The number of rotatable bonds is 4. The Morgan fingerprint density at radius 1 is 1.05 bits per heavy atom. The van der Waals surface area contributed by atoms with Gasteiger partial charge in [-0.25, -0.2) is 4.39 Å². The van der Waals surface area contributed by atoms with Gasteiger partial charge in [0.1, 0.15) is 5.82 Å². The fraction of sp³-hybridized carbons (Fsp3) is 0.200. The van der Waals surface area contributed by atoms with Gasteiger partial charge < -0.3 is 15.2 Å². The molecule has 100 valence electrons. The van der Waals surface area contributed by atoms with Crippen molar-refractivity contribution in [2.24, 2.45) is 5.73 Å². The minimum atomic E-state index is -0.308. The lowest BCUT2D eigenvalue weighted by atomic mass is 9.98. The molecule has 3 nitrogen and oxygen atoms in total. The molecule has 2 rings (SSSR count). The fourth-order valence-corrected chi connectivity index (χ4v) is 2.08. The van der Waals surface area contributed by atoms with Crippen LogP contribution in [0.4, 0.5) is 4.39 Å². The molecule has 0 unspecified atom stereocenters. The van der Waals surface area contributed by atoms with Crippen molar-refractivity contribution >= 4 is 0 Å². The predicted octanol–water partition coefficient (Wildman–Crippen LogP) is 2.97. The van der Waals surface area contributed by atoms with Crippen LogP contribution in [0, 0.1) is 5.82 Å². The van der Waals surface area contributed by atoms with Crippen LogP contribution in [0.5, 0.6) is 11.5 Å². The Balaban J connectivity index is 2.67. The van der Waals surface area contributed by atoms with Gasteiger partial charge in [0.25, 0.3) is 0 Å². The van der Waals surface area contributed by atoms with Gasteiger partial charge in [0.15, 0.2) is 11.5 Å². The molecular weight excluding hydrogens is 245 g/mol. The first-order valence-electron chi connectivity index (χ1n) is 5.91. The van der Waals surface area contributed by atoms with Crippen molar-refractivity contribution in [3.63, 3.8) is 0 Å². The van der Waals surface area contributed by atoms with E-state index in [1.54, 1.807) is 26.4 Å². The molecular formula is C15H16FNO2. The summed E-state index contributed by atoms with van der Waals surface area (Å²) in [7, 11) is 3.12. The number of nitrogens with two attached hydrogens (primary N) is 1. The molecule has 0 bridgehead atoms. The number of halogens is 1. The summed E-state index contributed by atoms with van der Waals surface area (Å²) in [5.41, 5.74) is 8.05. The smallest absolute Gasteiger partial charge is 0.168 e. The molecule has 0 saturated heterocycles. The third-order valence-corrected chi connectivity index (χ3v) is 2.98. The normalized spacial score (nSPS) is 10.3. The summed E-state index contributed by atoms with van der Waals surface area (Å²) >= 11 is 0. The summed E-state index contributed by atoms with van der Waals surface area (Å²) in [6.07, 6.45) is 0. The van der Waals surface area contributed by atoms with Crippen molar-refractivity contribution in [1.29, 1.82) is 0 Å². The van der Waals surface area contributed by atoms with Crippen LogP contribution in [-0.2, 0) is 6.54 Å². The van der Waals surface area contributed by atoms with Crippen LogP contribution in [0.3, 0.4) is 0 Å². The van der Waals surface area contributed by atoms with Crippen molar-refractivity contribution in [3.05, 3.63) is 47.8 Å². The number of hydrogen-bond donors (Lipinski definition) is 1. The molecule has 0 saturated carbocycles. The zero-order valence-corrected chi connectivity index (χ0v) is 10.9. The molecule has 0 radical (unpaired) electrons. The standard InChI is InChI=1S/C15H16FNO2/c1-18-14-5-3-4-12(15(14)19-2)13-8-11(16)7-6-10(13)9-17/h3-8H,9,17H2,1-2H3. The Hall–Kier alpha value is -2.07. The van der Waals surface area contributed by atoms with Crippen LogP contribution >= 0.6 is 0 Å². The summed E-state index contributed by atoms with van der Waals surface area (Å²) in [5, 5.41) is 0. The zero-order chi connectivity index (χ0) is 13.8. The van der Waals surface area contributed by atoms with E-state index in [4.69, 9.17) is 15.2 Å². The van der Waals surface area contributed by atoms with E-state index in [0.29, 0.717) is 18.0 Å². The summed E-state index contributed by atoms with van der Waals surface area (Å²) < 4.78 is 24.1. The lowest BCUT2D eigenvalue weighted by Gasteiger charge is -2.15. The quantitative estimate of drug-likeness (QED) is 0.920. The molecule has 0 heterocycles. The molecule has 0 fully saturated rings. The number of benzene rings is 2. The van der Waals surface area contributed by atoms with Crippen molar-refractivity contribution in [1.82, 2.24) is 0 Å². The number of para-hydroxylation sites is 1. The Labute approximate surface area is 111 Å². The summed E-state index contributed by atoms with van der Waals surface area (Å²) in [6.45, 7) is 0.329. The molecule has 0 aliphatic heterocycles. The highest BCUT2D eigenvalue weighted by Crippen LogP contribution is 2.39. The Morgan fingerprint density at radius 3 is 2.47 bits per heavy atom. The molecule has 4 heteroatoms. The van der Waals surface area contributed by atoms with E-state index in [-0.39, 0.29) is 5.82 Å². The fourth-order valence-electron chi connectivity index (χ4n) is 2.08. The number of methoxy groups -OCH3 is 2. The van der Waals surface area contributed by atoms with E-state index in [2.05, 4.69) is 0 Å². The van der Waals surface area contributed by atoms with E-state index in [9.17, 15) is 4.39 Å². The van der Waals surface area contributed by atoms with Gasteiger partial charge in [0.05, 0.1) is 14.2 Å². The second kappa shape index (κ2) is 5.71. The lowest BCUT2D eigenvalue weighted by Crippen LogP contribution is -2.01. The highest BCUT2D eigenvalue weighted by atomic mass is 19.1. The average molecular weight is 261 g/mol. The van der Waals surface area contributed by atoms with Gasteiger partial charge in [-0.3, -0.25) is 0 Å². The van der Waals surface area contributed by atoms with Crippen molar-refractivity contribution in [3.8, 4) is 22.6 Å². The molecule has 0 spiro atoms. The highest BCUT2D eigenvalue weighted by Gasteiger charge is 2.14. The van der Waals surface area contributed by atoms with Gasteiger partial charge in [0, 0.05) is 12.1 Å². The SMILES string of the molecule is COc1cccc(-c2cc(F)ccc2CN)c1OC. The number of ether oxygens (including phenoxy) is 2. The van der Waals surface area contributed by atoms with E-state index in [1.807, 2.05) is 12.1 Å². The van der Waals surface area contributed by atoms with Gasteiger partial charge >= 0.3 is 0 Å². The van der Waals surface area contributed by atoms with E-state index >= 15 is 0 Å². The minimum Gasteiger partial charge on any atom is -0.493 e. The van der Waals surface area contributed by atoms with Crippen molar-refractivity contribution in [2.45, 2.75) is 6.54 Å². The van der Waals surface area contributed by atoms with Gasteiger partial charge in [-0.05, 0) is 29.3 Å². The largest absolute Gasteiger partial charge is 0.493 e. The first-order chi connectivity index (χ1) is 9.21. The van der Waals surface area contributed by atoms with Crippen molar-refractivity contribution < 1.29 is 13.9 Å². The minimum absolute atomic E-state index is 0.308. The third kappa shape index (κ3) is 2.53. The maximum atomic E-state index is 13.5. The molecule has 0 aliphatic carbocycles. The van der Waals surface area contributed by atoms with Crippen molar-refractivity contribution in [2.75, 3.05) is 14.2 Å². The van der Waals surface area contributed by atoms with Crippen LogP contribution < -0.4 is 15.2 Å². The maximum absolute atomic E-state index is 13.5. The van der Waals surface area contributed by atoms with Crippen LogP contribution in [0.25, 0.3) is 11.1 Å². The van der Waals surface area contributed by atoms with Crippen LogP contribution in [-0.4, -0.2) is 14.2 Å². The average Bonchev–Trinajstić information content (AvgIpc) is 2.46. The Bertz CT molecular complexity index is 584. The molecule has 0 aliphatic rings.